The number of nitrogens with zero attached hydrogens (tertiary/aromatic N) is 1. The second-order valence-electron chi connectivity index (χ2n) is 5.97. The Morgan fingerprint density at radius 3 is 2.61 bits per heavy atom. The van der Waals surface area contributed by atoms with E-state index in [-0.39, 0.29) is 23.7 Å². The van der Waals surface area contributed by atoms with Crippen LogP contribution in [0.5, 0.6) is 0 Å². The molecular weight excluding hydrogens is 311 g/mol. The van der Waals surface area contributed by atoms with E-state index in [1.165, 1.54) is 12.1 Å². The van der Waals surface area contributed by atoms with Gasteiger partial charge in [-0.05, 0) is 43.7 Å². The van der Waals surface area contributed by atoms with E-state index in [1.807, 2.05) is 43.9 Å². The van der Waals surface area contributed by atoms with Crippen molar-refractivity contribution in [3.63, 3.8) is 0 Å². The second-order valence-corrected chi connectivity index (χ2v) is 7.14. The smallest absolute Gasteiger partial charge is 0.227 e. The van der Waals surface area contributed by atoms with Crippen LogP contribution in [0.4, 0.5) is 4.39 Å². The highest BCUT2D eigenvalue weighted by molar-refractivity contribution is 7.15. The summed E-state index contributed by atoms with van der Waals surface area (Å²) in [7, 11) is 0. The van der Waals surface area contributed by atoms with Crippen molar-refractivity contribution in [2.45, 2.75) is 33.4 Å². The molecule has 2 rings (SSSR count). The fourth-order valence-electron chi connectivity index (χ4n) is 2.33. The van der Waals surface area contributed by atoms with Gasteiger partial charge in [-0.25, -0.2) is 4.39 Å². The summed E-state index contributed by atoms with van der Waals surface area (Å²) in [6.07, 6.45) is 0. The predicted octanol–water partition coefficient (Wildman–Crippen LogP) is 3.89. The van der Waals surface area contributed by atoms with Gasteiger partial charge in [0.15, 0.2) is 0 Å². The highest BCUT2D eigenvalue weighted by atomic mass is 32.1. The lowest BCUT2D eigenvalue weighted by molar-refractivity contribution is -0.137. The number of benzene rings is 1. The van der Waals surface area contributed by atoms with Crippen LogP contribution in [0.2, 0.25) is 0 Å². The molecule has 5 heteroatoms. The molecule has 1 aromatic heterocycles. The lowest BCUT2D eigenvalue weighted by atomic mass is 10.1. The molecule has 1 atom stereocenters. The molecule has 0 radical (unpaired) electrons. The molecule has 1 amide bonds. The van der Waals surface area contributed by atoms with E-state index >= 15 is 0 Å². The van der Waals surface area contributed by atoms with Crippen molar-refractivity contribution in [2.75, 3.05) is 6.54 Å². The number of hydrogen-bond acceptors (Lipinski definition) is 3. The molecule has 1 unspecified atom stereocenters. The van der Waals surface area contributed by atoms with Crippen molar-refractivity contribution >= 4 is 17.2 Å². The number of thiophene rings is 1. The molecule has 3 nitrogen and oxygen atoms in total. The van der Waals surface area contributed by atoms with Crippen molar-refractivity contribution < 1.29 is 9.18 Å². The highest BCUT2D eigenvalue weighted by Crippen LogP contribution is 2.29. The first-order valence-electron chi connectivity index (χ1n) is 7.77. The standard InChI is InChI=1S/C18H23FN2OS/c1-12(2)21(18(22)13(3)10-20)11-16-7-8-17(23-16)14-5-4-6-15(19)9-14/h4-9,12-13H,10-11,20H2,1-3H3. The number of rotatable bonds is 6. The summed E-state index contributed by atoms with van der Waals surface area (Å²) >= 11 is 1.59. The van der Waals surface area contributed by atoms with Gasteiger partial charge >= 0.3 is 0 Å². The zero-order chi connectivity index (χ0) is 17.0. The van der Waals surface area contributed by atoms with Gasteiger partial charge in [-0.2, -0.15) is 0 Å². The first-order valence-corrected chi connectivity index (χ1v) is 8.59. The fraction of sp³-hybridized carbons (Fsp3) is 0.389. The van der Waals surface area contributed by atoms with Crippen LogP contribution in [0.3, 0.4) is 0 Å². The third-order valence-corrected chi connectivity index (χ3v) is 4.90. The Balaban J connectivity index is 2.17. The molecule has 0 aliphatic heterocycles. The van der Waals surface area contributed by atoms with E-state index in [4.69, 9.17) is 5.73 Å². The maximum atomic E-state index is 13.3. The van der Waals surface area contributed by atoms with Gasteiger partial charge in [0.25, 0.3) is 0 Å². The molecule has 0 fully saturated rings. The summed E-state index contributed by atoms with van der Waals surface area (Å²) in [5.74, 6) is -0.350. The van der Waals surface area contributed by atoms with Crippen molar-refractivity contribution in [3.05, 3.63) is 47.1 Å². The summed E-state index contributed by atoms with van der Waals surface area (Å²) in [5, 5.41) is 0. The number of carbonyl (C=O) groups excluding carboxylic acids is 1. The lowest BCUT2D eigenvalue weighted by Crippen LogP contribution is -2.41. The predicted molar refractivity (Wildman–Crippen MR) is 93.6 cm³/mol. The number of hydrogen-bond donors (Lipinski definition) is 1. The molecule has 0 aliphatic rings. The number of carbonyl (C=O) groups is 1. The normalized spacial score (nSPS) is 12.4. The largest absolute Gasteiger partial charge is 0.335 e. The monoisotopic (exact) mass is 334 g/mol. The molecule has 0 saturated heterocycles. The van der Waals surface area contributed by atoms with Gasteiger partial charge in [0.1, 0.15) is 5.82 Å². The van der Waals surface area contributed by atoms with E-state index in [0.29, 0.717) is 13.1 Å². The molecule has 0 aliphatic carbocycles. The third-order valence-electron chi connectivity index (χ3n) is 3.78. The minimum absolute atomic E-state index is 0.0724. The van der Waals surface area contributed by atoms with Gasteiger partial charge in [0.05, 0.1) is 6.54 Å². The Morgan fingerprint density at radius 1 is 1.26 bits per heavy atom. The van der Waals surface area contributed by atoms with Gasteiger partial charge in [0.2, 0.25) is 5.91 Å². The van der Waals surface area contributed by atoms with Crippen LogP contribution in [-0.2, 0) is 11.3 Å². The maximum absolute atomic E-state index is 13.3. The van der Waals surface area contributed by atoms with Gasteiger partial charge < -0.3 is 10.6 Å². The SMILES string of the molecule is CC(CN)C(=O)N(Cc1ccc(-c2cccc(F)c2)s1)C(C)C. The van der Waals surface area contributed by atoms with Crippen LogP contribution < -0.4 is 5.73 Å². The van der Waals surface area contributed by atoms with E-state index in [1.54, 1.807) is 17.4 Å². The van der Waals surface area contributed by atoms with Crippen molar-refractivity contribution in [1.82, 2.24) is 4.90 Å². The van der Waals surface area contributed by atoms with E-state index < -0.39 is 0 Å². The average Bonchev–Trinajstić information content (AvgIpc) is 2.99. The first kappa shape index (κ1) is 17.6. The molecule has 2 aromatic rings. The zero-order valence-corrected chi connectivity index (χ0v) is 14.6. The molecule has 2 N–H and O–H groups in total. The van der Waals surface area contributed by atoms with Crippen LogP contribution in [0.15, 0.2) is 36.4 Å². The van der Waals surface area contributed by atoms with Crippen LogP contribution in [0.25, 0.3) is 10.4 Å². The fourth-order valence-corrected chi connectivity index (χ4v) is 3.33. The van der Waals surface area contributed by atoms with Gasteiger partial charge in [0, 0.05) is 28.3 Å². The maximum Gasteiger partial charge on any atom is 0.227 e. The Kier molecular flexibility index (Phi) is 5.91. The molecule has 0 spiro atoms. The van der Waals surface area contributed by atoms with Gasteiger partial charge in [-0.15, -0.1) is 11.3 Å². The Morgan fingerprint density at radius 2 is 2.00 bits per heavy atom. The number of nitrogens with two attached hydrogens (primary N) is 1. The Labute approximate surface area is 140 Å². The van der Waals surface area contributed by atoms with Gasteiger partial charge in [-0.1, -0.05) is 19.1 Å². The average molecular weight is 334 g/mol. The van der Waals surface area contributed by atoms with Crippen LogP contribution in [-0.4, -0.2) is 23.4 Å². The number of amides is 1. The molecule has 1 aromatic carbocycles. The molecule has 1 heterocycles. The van der Waals surface area contributed by atoms with E-state index in [2.05, 4.69) is 0 Å². The molecule has 0 bridgehead atoms. The second kappa shape index (κ2) is 7.70. The van der Waals surface area contributed by atoms with Crippen molar-refractivity contribution in [1.29, 1.82) is 0 Å². The lowest BCUT2D eigenvalue weighted by Gasteiger charge is -2.28. The zero-order valence-electron chi connectivity index (χ0n) is 13.8. The molecule has 0 saturated carbocycles. The molecule has 124 valence electrons. The Bertz CT molecular complexity index is 669. The summed E-state index contributed by atoms with van der Waals surface area (Å²) in [4.78, 5) is 16.4. The Hall–Kier alpha value is -1.72. The minimum atomic E-state index is -0.242. The van der Waals surface area contributed by atoms with E-state index in [9.17, 15) is 9.18 Å². The summed E-state index contributed by atoms with van der Waals surface area (Å²) in [6.45, 7) is 6.76. The van der Waals surface area contributed by atoms with Crippen molar-refractivity contribution in [3.8, 4) is 10.4 Å². The number of halogens is 1. The minimum Gasteiger partial charge on any atom is -0.335 e. The summed E-state index contributed by atoms with van der Waals surface area (Å²) in [5.41, 5.74) is 6.48. The van der Waals surface area contributed by atoms with E-state index in [0.717, 1.165) is 15.3 Å². The highest BCUT2D eigenvalue weighted by Gasteiger charge is 2.22. The van der Waals surface area contributed by atoms with Crippen LogP contribution >= 0.6 is 11.3 Å². The van der Waals surface area contributed by atoms with Crippen molar-refractivity contribution in [2.24, 2.45) is 11.7 Å². The quantitative estimate of drug-likeness (QED) is 0.871. The third kappa shape index (κ3) is 4.39. The summed E-state index contributed by atoms with van der Waals surface area (Å²) in [6, 6.07) is 10.6. The molecule has 23 heavy (non-hydrogen) atoms. The first-order chi connectivity index (χ1) is 10.9. The van der Waals surface area contributed by atoms with Crippen LogP contribution in [0.1, 0.15) is 25.6 Å². The summed E-state index contributed by atoms with van der Waals surface area (Å²) < 4.78 is 13.3. The topological polar surface area (TPSA) is 46.3 Å². The van der Waals surface area contributed by atoms with Gasteiger partial charge in [-0.3, -0.25) is 4.79 Å². The molecular formula is C18H23FN2OS. The van der Waals surface area contributed by atoms with Crippen LogP contribution in [0, 0.1) is 11.7 Å².